The van der Waals surface area contributed by atoms with Crippen molar-refractivity contribution in [1.82, 2.24) is 9.55 Å². The maximum Gasteiger partial charge on any atom is 0.481 e. The van der Waals surface area contributed by atoms with E-state index in [9.17, 15) is 58.5 Å². The highest BCUT2D eigenvalue weighted by atomic mass is 31.3. The number of carbonyl (C=O) groups is 3. The fourth-order valence-corrected chi connectivity index (χ4v) is 10.2. The predicted molar refractivity (Wildman–Crippen MR) is 271 cm³/mol. The molecule has 11 atom stereocenters. The average molecular weight is 1070 g/mol. The quantitative estimate of drug-likeness (QED) is 0.0188. The molecule has 1 fully saturated rings. The number of Topliss-reactive ketones (excluding diaryl/α,β-unsaturated/α-hetero) is 1. The van der Waals surface area contributed by atoms with Crippen LogP contribution in [0.4, 0.5) is 5.82 Å². The van der Waals surface area contributed by atoms with E-state index >= 15 is 0 Å². The van der Waals surface area contributed by atoms with Crippen LogP contribution in [0.2, 0.25) is 0 Å². The van der Waals surface area contributed by atoms with Crippen LogP contribution in [0.25, 0.3) is 0 Å². The number of cyclic esters (lactones) is 1. The molecule has 0 aliphatic carbocycles. The summed E-state index contributed by atoms with van der Waals surface area (Å²) in [6.07, 6.45) is 16.7. The third-order valence-corrected chi connectivity index (χ3v) is 14.9. The van der Waals surface area contributed by atoms with Crippen molar-refractivity contribution in [2.45, 2.75) is 192 Å². The topological polar surface area (TPSA) is 323 Å². The van der Waals surface area contributed by atoms with Crippen LogP contribution in [0.5, 0.6) is 0 Å². The van der Waals surface area contributed by atoms with Gasteiger partial charge in [0.05, 0.1) is 37.4 Å². The second-order valence-corrected chi connectivity index (χ2v) is 21.5. The van der Waals surface area contributed by atoms with E-state index in [-0.39, 0.29) is 37.9 Å². The van der Waals surface area contributed by atoms with Crippen molar-refractivity contribution < 1.29 is 81.3 Å². The number of esters is 2. The first kappa shape index (κ1) is 63.6. The number of anilines is 1. The molecule has 3 heterocycles. The molecule has 3 rings (SSSR count). The lowest BCUT2D eigenvalue weighted by atomic mass is 9.83. The largest absolute Gasteiger partial charge is 0.481 e. The monoisotopic (exact) mass is 1070 g/mol. The number of nitrogen functional groups attached to an aromatic ring is 1. The highest BCUT2D eigenvalue weighted by molar-refractivity contribution is 7.61. The molecule has 0 aromatic carbocycles. The number of hydrogen-bond acceptors (Lipinski definition) is 18. The van der Waals surface area contributed by atoms with Crippen LogP contribution in [0.3, 0.4) is 0 Å². The van der Waals surface area contributed by atoms with Crippen LogP contribution < -0.4 is 11.4 Å². The number of nitrogens with zero attached hydrogens (tertiary/aromatic N) is 2. The number of hydrogen-bond donors (Lipinski definition) is 7. The minimum atomic E-state index is -5.72. The normalized spacial score (nSPS) is 29.2. The van der Waals surface area contributed by atoms with E-state index in [1.54, 1.807) is 12.2 Å². The van der Waals surface area contributed by atoms with Crippen LogP contribution in [-0.2, 0) is 51.1 Å². The van der Waals surface area contributed by atoms with E-state index in [1.807, 2.05) is 6.92 Å². The first-order valence-electron chi connectivity index (χ1n) is 25.8. The van der Waals surface area contributed by atoms with E-state index in [0.717, 1.165) is 62.1 Å². The summed E-state index contributed by atoms with van der Waals surface area (Å²) in [6, 6.07) is 1.23. The van der Waals surface area contributed by atoms with Gasteiger partial charge in [0.2, 0.25) is 0 Å². The summed E-state index contributed by atoms with van der Waals surface area (Å²) in [5.41, 5.74) is 4.74. The van der Waals surface area contributed by atoms with Gasteiger partial charge in [-0.05, 0) is 63.9 Å². The summed E-state index contributed by atoms with van der Waals surface area (Å²) in [6.45, 7) is 1.41. The van der Waals surface area contributed by atoms with E-state index < -0.39 is 120 Å². The number of allylic oxidation sites excluding steroid dienone is 6. The van der Waals surface area contributed by atoms with E-state index in [0.29, 0.717) is 19.3 Å². The number of rotatable bonds is 23. The molecule has 0 amide bonds. The van der Waals surface area contributed by atoms with Gasteiger partial charge in [0.15, 0.2) is 6.10 Å². The molecule has 73 heavy (non-hydrogen) atoms. The van der Waals surface area contributed by atoms with Crippen molar-refractivity contribution >= 4 is 39.2 Å². The lowest BCUT2D eigenvalue weighted by Crippen LogP contribution is -2.51. The number of fused-ring (bicyclic) bond motifs is 3. The van der Waals surface area contributed by atoms with Crippen LogP contribution >= 0.6 is 15.6 Å². The Kier molecular flexibility index (Phi) is 30.3. The molecule has 2 aliphatic heterocycles. The van der Waals surface area contributed by atoms with Gasteiger partial charge in [-0.2, -0.15) is 9.29 Å². The van der Waals surface area contributed by atoms with Crippen molar-refractivity contribution in [1.29, 1.82) is 0 Å². The lowest BCUT2D eigenvalue weighted by Gasteiger charge is -2.39. The lowest BCUT2D eigenvalue weighted by molar-refractivity contribution is -0.186. The predicted octanol–water partition coefficient (Wildman–Crippen LogP) is 7.14. The average Bonchev–Trinajstić information content (AvgIpc) is 3.33. The SMILES string of the molecule is CCCCCC/C=C\C=C/CCCCCCCC(=O)OC[C@@H]1COP(=O)(O)OP(=O)(O)OC[C@H]2O[C@@H](n3ccc(N)nc3=O)[C@@H](CC=CCCCC(=O)O1)[C@@H](O)CC(=O)[C@H](/C=C/[C@@H](O)CCCCC)[C@H](O)[C@@H]2O. The fraction of sp³-hybridized carbons (Fsp3) is 0.700. The number of nitrogens with two attached hydrogens (primary N) is 1. The number of phosphoric ester groups is 2. The molecule has 0 spiro atoms. The summed E-state index contributed by atoms with van der Waals surface area (Å²) in [4.78, 5) is 78.0. The summed E-state index contributed by atoms with van der Waals surface area (Å²) >= 11 is 0. The smallest absolute Gasteiger partial charge is 0.462 e. The van der Waals surface area contributed by atoms with Crippen LogP contribution in [0.15, 0.2) is 65.7 Å². The van der Waals surface area contributed by atoms with Crippen molar-refractivity contribution in [3.8, 4) is 0 Å². The number of phosphoric acid groups is 2. The van der Waals surface area contributed by atoms with Gasteiger partial charge in [-0.1, -0.05) is 120 Å². The molecule has 2 bridgehead atoms. The van der Waals surface area contributed by atoms with Gasteiger partial charge in [-0.3, -0.25) is 28.0 Å². The Morgan fingerprint density at radius 1 is 0.890 bits per heavy atom. The molecule has 0 radical (unpaired) electrons. The zero-order valence-corrected chi connectivity index (χ0v) is 44.2. The summed E-state index contributed by atoms with van der Waals surface area (Å²) < 4.78 is 58.8. The Balaban J connectivity index is 1.79. The Hall–Kier alpha value is -3.69. The van der Waals surface area contributed by atoms with Gasteiger partial charge < -0.3 is 50.2 Å². The number of aliphatic hydroxyl groups is 4. The maximum atomic E-state index is 13.9. The minimum Gasteiger partial charge on any atom is -0.462 e. The number of unbranched alkanes of at least 4 members (excludes halogenated alkanes) is 11. The molecule has 0 saturated carbocycles. The van der Waals surface area contributed by atoms with Crippen LogP contribution in [0, 0.1) is 11.8 Å². The van der Waals surface area contributed by atoms with Gasteiger partial charge in [0, 0.05) is 31.4 Å². The third kappa shape index (κ3) is 25.6. The Morgan fingerprint density at radius 3 is 2.22 bits per heavy atom. The van der Waals surface area contributed by atoms with Gasteiger partial charge in [0.25, 0.3) is 0 Å². The highest BCUT2D eigenvalue weighted by Gasteiger charge is 2.45. The van der Waals surface area contributed by atoms with Gasteiger partial charge in [-0.25, -0.2) is 13.9 Å². The molecule has 21 nitrogen and oxygen atoms in total. The molecule has 1 saturated heterocycles. The first-order valence-corrected chi connectivity index (χ1v) is 28.8. The standard InChI is InChI=1S/C50H81N3O18P2/c1-3-5-7-8-9-10-11-12-13-14-15-16-17-18-23-27-45(57)66-34-38-35-67-72(62,63)71-73(64,65)68-36-43-48(60)47(59)39(30-29-37(54)25-21-6-4-2)41(55)33-42(56)40(26-22-19-20-24-28-46(58)69-38)49(70-43)53-32-31-44(51)52-50(53)61/h10-13,19,22,29-32,37-40,42-43,47-49,54,56,59-60H,3-9,14-18,20-21,23-28,33-36H2,1-2H3,(H,62,63)(H,64,65)(H2,51,52,61)/b11-10-,13-12-,22-19?,30-29+/t37-,38+,39-,40-,42-,43+,47-,48+,49+/m0/s1. The van der Waals surface area contributed by atoms with Gasteiger partial charge in [-0.15, -0.1) is 0 Å². The van der Waals surface area contributed by atoms with Crippen LogP contribution in [-0.4, -0.2) is 114 Å². The van der Waals surface area contributed by atoms with Crippen molar-refractivity contribution in [2.24, 2.45) is 11.8 Å². The number of aliphatic hydroxyl groups excluding tert-OH is 4. The molecule has 1 aromatic heterocycles. The second-order valence-electron chi connectivity index (χ2n) is 18.5. The van der Waals surface area contributed by atoms with Crippen molar-refractivity contribution in [2.75, 3.05) is 25.6 Å². The van der Waals surface area contributed by atoms with Gasteiger partial charge in [0.1, 0.15) is 36.6 Å². The first-order chi connectivity index (χ1) is 34.9. The highest BCUT2D eigenvalue weighted by Crippen LogP contribution is 2.60. The summed E-state index contributed by atoms with van der Waals surface area (Å²) in [5, 5.41) is 45.6. The second kappa shape index (κ2) is 34.8. The molecule has 414 valence electrons. The number of carbonyl (C=O) groups excluding carboxylic acids is 3. The number of ether oxygens (including phenoxy) is 3. The Labute approximate surface area is 429 Å². The molecule has 1 aromatic rings. The summed E-state index contributed by atoms with van der Waals surface area (Å²) in [7, 11) is -11.3. The third-order valence-electron chi connectivity index (χ3n) is 12.3. The summed E-state index contributed by atoms with van der Waals surface area (Å²) in [5.74, 6) is -5.23. The maximum absolute atomic E-state index is 13.9. The fourth-order valence-electron chi connectivity index (χ4n) is 8.12. The Morgan fingerprint density at radius 2 is 1.53 bits per heavy atom. The molecular formula is C50H81N3O18P2. The molecule has 8 N–H and O–H groups in total. The number of aromatic nitrogens is 2. The van der Waals surface area contributed by atoms with Crippen LogP contribution in [0.1, 0.15) is 155 Å². The number of ketones is 1. The van der Waals surface area contributed by atoms with E-state index in [1.165, 1.54) is 43.9 Å². The zero-order valence-electron chi connectivity index (χ0n) is 42.4. The van der Waals surface area contributed by atoms with E-state index in [2.05, 4.69) is 40.5 Å². The van der Waals surface area contributed by atoms with E-state index in [4.69, 9.17) is 29.0 Å². The minimum absolute atomic E-state index is 0.0576. The molecule has 23 heteroatoms. The molecular weight excluding hydrogens is 993 g/mol. The van der Waals surface area contributed by atoms with Gasteiger partial charge >= 0.3 is 33.3 Å². The zero-order chi connectivity index (χ0) is 53.7. The molecule has 2 aliphatic rings. The Bertz CT molecular complexity index is 2080. The van der Waals surface area contributed by atoms with Crippen molar-refractivity contribution in [3.05, 3.63) is 71.4 Å². The van der Waals surface area contributed by atoms with Crippen molar-refractivity contribution in [3.63, 3.8) is 0 Å². The molecule has 2 unspecified atom stereocenters.